The third kappa shape index (κ3) is 7.34. The van der Waals surface area contributed by atoms with Crippen molar-refractivity contribution in [2.24, 2.45) is 0 Å². The molecule has 0 spiro atoms. The van der Waals surface area contributed by atoms with Gasteiger partial charge in [0.15, 0.2) is 0 Å². The highest BCUT2D eigenvalue weighted by Crippen LogP contribution is 2.02. The van der Waals surface area contributed by atoms with Crippen molar-refractivity contribution in [2.45, 2.75) is 52.1 Å². The number of ether oxygens (including phenoxy) is 1. The maximum atomic E-state index is 11.5. The molecule has 0 aromatic heterocycles. The van der Waals surface area contributed by atoms with Gasteiger partial charge in [0.05, 0.1) is 7.11 Å². The molecule has 4 nitrogen and oxygen atoms in total. The fourth-order valence-electron chi connectivity index (χ4n) is 1.53. The zero-order valence-corrected chi connectivity index (χ0v) is 12.0. The number of likely N-dealkylation sites (N-methyl/N-ethyl adjacent to an activating group) is 1. The second kappa shape index (κ2) is 9.42. The van der Waals surface area contributed by atoms with Crippen LogP contribution in [-0.4, -0.2) is 50.2 Å². The van der Waals surface area contributed by atoms with Gasteiger partial charge >= 0.3 is 5.97 Å². The van der Waals surface area contributed by atoms with Gasteiger partial charge in [0.2, 0.25) is 0 Å². The summed E-state index contributed by atoms with van der Waals surface area (Å²) in [6.45, 7) is 8.21. The molecule has 0 amide bonds. The highest BCUT2D eigenvalue weighted by Gasteiger charge is 2.17. The van der Waals surface area contributed by atoms with Crippen LogP contribution in [0.15, 0.2) is 0 Å². The van der Waals surface area contributed by atoms with E-state index in [4.69, 9.17) is 4.74 Å². The van der Waals surface area contributed by atoms with Crippen molar-refractivity contribution >= 4 is 5.97 Å². The molecule has 0 bridgehead atoms. The molecule has 102 valence electrons. The summed E-state index contributed by atoms with van der Waals surface area (Å²) in [7, 11) is 3.54. The van der Waals surface area contributed by atoms with Crippen LogP contribution in [0.25, 0.3) is 0 Å². The molecule has 0 saturated heterocycles. The van der Waals surface area contributed by atoms with Crippen molar-refractivity contribution in [1.29, 1.82) is 0 Å². The highest BCUT2D eigenvalue weighted by atomic mass is 16.5. The van der Waals surface area contributed by atoms with Crippen LogP contribution in [0.3, 0.4) is 0 Å². The number of rotatable bonds is 9. The van der Waals surface area contributed by atoms with Gasteiger partial charge in [-0.3, -0.25) is 4.79 Å². The molecular formula is C13H28N2O2. The lowest BCUT2D eigenvalue weighted by Crippen LogP contribution is -2.42. The molecule has 0 aromatic carbocycles. The van der Waals surface area contributed by atoms with Crippen molar-refractivity contribution in [3.05, 3.63) is 0 Å². The van der Waals surface area contributed by atoms with Gasteiger partial charge in [-0.2, -0.15) is 0 Å². The summed E-state index contributed by atoms with van der Waals surface area (Å²) >= 11 is 0. The van der Waals surface area contributed by atoms with Crippen molar-refractivity contribution in [2.75, 3.05) is 27.2 Å². The van der Waals surface area contributed by atoms with E-state index in [0.717, 1.165) is 32.4 Å². The van der Waals surface area contributed by atoms with E-state index >= 15 is 0 Å². The molecular weight excluding hydrogens is 216 g/mol. The molecule has 17 heavy (non-hydrogen) atoms. The van der Waals surface area contributed by atoms with E-state index in [1.54, 1.807) is 0 Å². The first-order valence-corrected chi connectivity index (χ1v) is 6.54. The first-order valence-electron chi connectivity index (χ1n) is 6.54. The molecule has 0 fully saturated rings. The summed E-state index contributed by atoms with van der Waals surface area (Å²) in [6, 6.07) is 0.379. The summed E-state index contributed by atoms with van der Waals surface area (Å²) < 4.78 is 4.80. The predicted molar refractivity (Wildman–Crippen MR) is 71.1 cm³/mol. The Labute approximate surface area is 106 Å². The van der Waals surface area contributed by atoms with Gasteiger partial charge in [0, 0.05) is 19.1 Å². The fourth-order valence-corrected chi connectivity index (χ4v) is 1.53. The molecule has 0 rings (SSSR count). The number of hydrogen-bond acceptors (Lipinski definition) is 4. The Bertz CT molecular complexity index is 208. The van der Waals surface area contributed by atoms with Gasteiger partial charge in [-0.1, -0.05) is 19.8 Å². The Morgan fingerprint density at radius 1 is 1.41 bits per heavy atom. The third-order valence-electron chi connectivity index (χ3n) is 3.07. The van der Waals surface area contributed by atoms with E-state index in [1.165, 1.54) is 7.11 Å². The van der Waals surface area contributed by atoms with Crippen LogP contribution in [0.2, 0.25) is 0 Å². The molecule has 0 aliphatic carbocycles. The highest BCUT2D eigenvalue weighted by molar-refractivity contribution is 5.75. The Balaban J connectivity index is 3.94. The number of carbonyl (C=O) groups is 1. The van der Waals surface area contributed by atoms with Crippen LogP contribution in [0, 0.1) is 0 Å². The molecule has 0 saturated carbocycles. The topological polar surface area (TPSA) is 41.6 Å². The van der Waals surface area contributed by atoms with Crippen molar-refractivity contribution < 1.29 is 9.53 Å². The zero-order valence-electron chi connectivity index (χ0n) is 12.0. The fraction of sp³-hybridized carbons (Fsp3) is 0.923. The molecule has 4 heteroatoms. The lowest BCUT2D eigenvalue weighted by atomic mass is 10.1. The smallest absolute Gasteiger partial charge is 0.322 e. The zero-order chi connectivity index (χ0) is 13.3. The van der Waals surface area contributed by atoms with E-state index in [1.807, 2.05) is 0 Å². The van der Waals surface area contributed by atoms with E-state index in [0.29, 0.717) is 6.04 Å². The van der Waals surface area contributed by atoms with Crippen LogP contribution < -0.4 is 5.32 Å². The summed E-state index contributed by atoms with van der Waals surface area (Å²) in [5.41, 5.74) is 0. The number of nitrogens with one attached hydrogen (secondary N) is 1. The van der Waals surface area contributed by atoms with Crippen LogP contribution in [0.1, 0.15) is 40.0 Å². The van der Waals surface area contributed by atoms with Gasteiger partial charge in [-0.05, 0) is 27.3 Å². The number of esters is 1. The molecule has 1 atom stereocenters. The maximum Gasteiger partial charge on any atom is 0.322 e. The Morgan fingerprint density at radius 2 is 2.06 bits per heavy atom. The minimum atomic E-state index is -0.152. The molecule has 0 aromatic rings. The first-order chi connectivity index (χ1) is 8.02. The summed E-state index contributed by atoms with van der Waals surface area (Å²) in [6.07, 6.45) is 3.00. The molecule has 0 aliphatic rings. The molecule has 0 heterocycles. The van der Waals surface area contributed by atoms with Gasteiger partial charge in [-0.15, -0.1) is 0 Å². The van der Waals surface area contributed by atoms with Crippen LogP contribution in [0.4, 0.5) is 0 Å². The first kappa shape index (κ1) is 16.4. The standard InChI is InChI=1S/C13H28N2O2/c1-6-7-8-12(13(16)17-5)14-9-10-15(4)11(2)3/h11-12,14H,6-10H2,1-5H3. The largest absolute Gasteiger partial charge is 0.468 e. The predicted octanol–water partition coefficient (Wildman–Crippen LogP) is 1.65. The van der Waals surface area contributed by atoms with Crippen molar-refractivity contribution in [3.63, 3.8) is 0 Å². The minimum Gasteiger partial charge on any atom is -0.468 e. The lowest BCUT2D eigenvalue weighted by molar-refractivity contribution is -0.143. The summed E-state index contributed by atoms with van der Waals surface area (Å²) in [5.74, 6) is -0.148. The number of nitrogens with zero attached hydrogens (tertiary/aromatic N) is 1. The van der Waals surface area contributed by atoms with Gasteiger partial charge < -0.3 is 15.0 Å². The second-order valence-electron chi connectivity index (χ2n) is 4.75. The molecule has 1 N–H and O–H groups in total. The summed E-state index contributed by atoms with van der Waals surface area (Å²) in [5, 5.41) is 3.27. The number of methoxy groups -OCH3 is 1. The SMILES string of the molecule is CCCCC(NCCN(C)C(C)C)C(=O)OC. The number of hydrogen-bond donors (Lipinski definition) is 1. The van der Waals surface area contributed by atoms with Crippen molar-refractivity contribution in [1.82, 2.24) is 10.2 Å². The van der Waals surface area contributed by atoms with E-state index in [-0.39, 0.29) is 12.0 Å². The monoisotopic (exact) mass is 244 g/mol. The van der Waals surface area contributed by atoms with Gasteiger partial charge in [0.25, 0.3) is 0 Å². The maximum absolute atomic E-state index is 11.5. The van der Waals surface area contributed by atoms with E-state index < -0.39 is 0 Å². The average molecular weight is 244 g/mol. The average Bonchev–Trinajstić information content (AvgIpc) is 2.31. The second-order valence-corrected chi connectivity index (χ2v) is 4.75. The van der Waals surface area contributed by atoms with Gasteiger partial charge in [0.1, 0.15) is 6.04 Å². The van der Waals surface area contributed by atoms with Crippen LogP contribution >= 0.6 is 0 Å². The van der Waals surface area contributed by atoms with Crippen molar-refractivity contribution in [3.8, 4) is 0 Å². The minimum absolute atomic E-state index is 0.148. The normalized spacial score (nSPS) is 13.1. The quantitative estimate of drug-likeness (QED) is 0.626. The van der Waals surface area contributed by atoms with E-state index in [2.05, 4.69) is 38.0 Å². The Kier molecular flexibility index (Phi) is 9.09. The van der Waals surface area contributed by atoms with Crippen LogP contribution in [0.5, 0.6) is 0 Å². The third-order valence-corrected chi connectivity index (χ3v) is 3.07. The van der Waals surface area contributed by atoms with E-state index in [9.17, 15) is 4.79 Å². The Hall–Kier alpha value is -0.610. The Morgan fingerprint density at radius 3 is 2.53 bits per heavy atom. The molecule has 0 aliphatic heterocycles. The number of carbonyl (C=O) groups excluding carboxylic acids is 1. The van der Waals surface area contributed by atoms with Gasteiger partial charge in [-0.25, -0.2) is 0 Å². The summed E-state index contributed by atoms with van der Waals surface area (Å²) in [4.78, 5) is 13.8. The molecule has 0 radical (unpaired) electrons. The van der Waals surface area contributed by atoms with Crippen LogP contribution in [-0.2, 0) is 9.53 Å². The lowest BCUT2D eigenvalue weighted by Gasteiger charge is -2.23. The number of unbranched alkanes of at least 4 members (excludes halogenated alkanes) is 1. The molecule has 1 unspecified atom stereocenters.